The molecule has 0 spiro atoms. The number of aryl methyl sites for hydroxylation is 1. The van der Waals surface area contributed by atoms with E-state index in [2.05, 4.69) is 20.9 Å². The lowest BCUT2D eigenvalue weighted by molar-refractivity contribution is -0.122. The van der Waals surface area contributed by atoms with Crippen molar-refractivity contribution in [2.75, 3.05) is 44.7 Å². The lowest BCUT2D eigenvalue weighted by atomic mass is 10.1. The molecular formula is C23H30N4O3. The minimum atomic E-state index is -0.664. The first-order chi connectivity index (χ1) is 14.6. The molecule has 1 heterocycles. The van der Waals surface area contributed by atoms with Gasteiger partial charge in [-0.05, 0) is 24.6 Å². The molecule has 3 amide bonds. The van der Waals surface area contributed by atoms with Gasteiger partial charge in [0.15, 0.2) is 0 Å². The van der Waals surface area contributed by atoms with Gasteiger partial charge in [0.25, 0.3) is 0 Å². The Hall–Kier alpha value is -2.90. The molecule has 7 nitrogen and oxygen atoms in total. The van der Waals surface area contributed by atoms with Crippen LogP contribution in [0.25, 0.3) is 0 Å². The summed E-state index contributed by atoms with van der Waals surface area (Å²) < 4.78 is 5.35. The number of benzene rings is 2. The molecule has 1 aliphatic rings. The molecule has 160 valence electrons. The summed E-state index contributed by atoms with van der Waals surface area (Å²) in [5.41, 5.74) is 2.79. The van der Waals surface area contributed by atoms with Crippen LogP contribution in [0.4, 0.5) is 10.5 Å². The quantitative estimate of drug-likeness (QED) is 0.623. The fourth-order valence-corrected chi connectivity index (χ4v) is 3.31. The number of rotatable bonds is 8. The number of ether oxygens (including phenoxy) is 1. The zero-order valence-corrected chi connectivity index (χ0v) is 17.4. The molecule has 0 saturated carbocycles. The van der Waals surface area contributed by atoms with E-state index in [-0.39, 0.29) is 5.91 Å². The second-order valence-corrected chi connectivity index (χ2v) is 7.45. The Bertz CT molecular complexity index is 805. The van der Waals surface area contributed by atoms with Crippen LogP contribution in [-0.4, -0.2) is 62.3 Å². The van der Waals surface area contributed by atoms with Gasteiger partial charge < -0.3 is 20.7 Å². The van der Waals surface area contributed by atoms with Crippen LogP contribution in [-0.2, 0) is 16.0 Å². The predicted molar refractivity (Wildman–Crippen MR) is 118 cm³/mol. The highest BCUT2D eigenvalue weighted by Gasteiger charge is 2.21. The summed E-state index contributed by atoms with van der Waals surface area (Å²) >= 11 is 0. The minimum absolute atomic E-state index is 0.189. The number of hydrogen-bond donors (Lipinski definition) is 3. The van der Waals surface area contributed by atoms with E-state index in [1.807, 2.05) is 61.5 Å². The van der Waals surface area contributed by atoms with Crippen LogP contribution in [0.15, 0.2) is 54.6 Å². The Morgan fingerprint density at radius 2 is 1.73 bits per heavy atom. The Morgan fingerprint density at radius 3 is 2.43 bits per heavy atom. The fourth-order valence-electron chi connectivity index (χ4n) is 3.31. The number of carbonyl (C=O) groups is 2. The standard InChI is InChI=1S/C23H30N4O3/c1-18-7-9-20(10-8-18)25-23(29)26-21(17-19-5-3-2-4-6-19)22(28)24-11-12-27-13-15-30-16-14-27/h2-10,21H,11-17H2,1H3,(H,24,28)(H2,25,26,29). The molecule has 0 aliphatic carbocycles. The van der Waals surface area contributed by atoms with E-state index in [0.29, 0.717) is 18.7 Å². The maximum Gasteiger partial charge on any atom is 0.319 e. The molecule has 1 atom stereocenters. The SMILES string of the molecule is Cc1ccc(NC(=O)NC(Cc2ccccc2)C(=O)NCCN2CCOCC2)cc1. The molecule has 3 rings (SSSR count). The lowest BCUT2D eigenvalue weighted by Gasteiger charge is -2.27. The Kier molecular flexibility index (Phi) is 8.23. The van der Waals surface area contributed by atoms with E-state index in [4.69, 9.17) is 4.74 Å². The topological polar surface area (TPSA) is 82.7 Å². The molecule has 2 aromatic carbocycles. The van der Waals surface area contributed by atoms with Crippen LogP contribution in [0.5, 0.6) is 0 Å². The first-order valence-corrected chi connectivity index (χ1v) is 10.4. The van der Waals surface area contributed by atoms with Crippen molar-refractivity contribution >= 4 is 17.6 Å². The number of morpholine rings is 1. The van der Waals surface area contributed by atoms with E-state index in [9.17, 15) is 9.59 Å². The van der Waals surface area contributed by atoms with E-state index < -0.39 is 12.1 Å². The minimum Gasteiger partial charge on any atom is -0.379 e. The van der Waals surface area contributed by atoms with Crippen molar-refractivity contribution < 1.29 is 14.3 Å². The van der Waals surface area contributed by atoms with Crippen molar-refractivity contribution in [2.45, 2.75) is 19.4 Å². The Balaban J connectivity index is 1.56. The third kappa shape index (κ3) is 7.17. The first kappa shape index (κ1) is 21.8. The summed E-state index contributed by atoms with van der Waals surface area (Å²) in [6.45, 7) is 6.49. The monoisotopic (exact) mass is 410 g/mol. The van der Waals surface area contributed by atoms with Crippen molar-refractivity contribution in [2.24, 2.45) is 0 Å². The zero-order chi connectivity index (χ0) is 21.2. The van der Waals surface area contributed by atoms with Gasteiger partial charge in [-0.3, -0.25) is 9.69 Å². The number of nitrogens with one attached hydrogen (secondary N) is 3. The molecule has 0 radical (unpaired) electrons. The van der Waals surface area contributed by atoms with E-state index in [1.165, 1.54) is 0 Å². The number of nitrogens with zero attached hydrogens (tertiary/aromatic N) is 1. The predicted octanol–water partition coefficient (Wildman–Crippen LogP) is 2.18. The van der Waals surface area contributed by atoms with Gasteiger partial charge in [0.1, 0.15) is 6.04 Å². The van der Waals surface area contributed by atoms with Gasteiger partial charge in [0.2, 0.25) is 5.91 Å². The van der Waals surface area contributed by atoms with Crippen LogP contribution in [0.2, 0.25) is 0 Å². The zero-order valence-electron chi connectivity index (χ0n) is 17.4. The largest absolute Gasteiger partial charge is 0.379 e. The average molecular weight is 411 g/mol. The summed E-state index contributed by atoms with van der Waals surface area (Å²) in [6, 6.07) is 16.1. The molecule has 2 aromatic rings. The van der Waals surface area contributed by atoms with Crippen molar-refractivity contribution in [1.82, 2.24) is 15.5 Å². The molecule has 30 heavy (non-hydrogen) atoms. The second-order valence-electron chi connectivity index (χ2n) is 7.45. The molecule has 0 aromatic heterocycles. The van der Waals surface area contributed by atoms with E-state index in [1.54, 1.807) is 0 Å². The highest BCUT2D eigenvalue weighted by atomic mass is 16.5. The van der Waals surface area contributed by atoms with E-state index in [0.717, 1.165) is 44.0 Å². The summed E-state index contributed by atoms with van der Waals surface area (Å²) in [5, 5.41) is 8.58. The molecular weight excluding hydrogens is 380 g/mol. The van der Waals surface area contributed by atoms with Gasteiger partial charge in [-0.1, -0.05) is 48.0 Å². The highest BCUT2D eigenvalue weighted by Crippen LogP contribution is 2.09. The molecule has 1 fully saturated rings. The smallest absolute Gasteiger partial charge is 0.319 e. The maximum atomic E-state index is 12.8. The van der Waals surface area contributed by atoms with Gasteiger partial charge in [0, 0.05) is 38.3 Å². The number of anilines is 1. The Labute approximate surface area is 177 Å². The number of carbonyl (C=O) groups excluding carboxylic acids is 2. The van der Waals surface area contributed by atoms with Gasteiger partial charge in [-0.25, -0.2) is 4.79 Å². The van der Waals surface area contributed by atoms with Crippen molar-refractivity contribution in [3.63, 3.8) is 0 Å². The number of urea groups is 1. The fraction of sp³-hybridized carbons (Fsp3) is 0.391. The molecule has 1 saturated heterocycles. The van der Waals surface area contributed by atoms with Crippen molar-refractivity contribution in [1.29, 1.82) is 0 Å². The van der Waals surface area contributed by atoms with Gasteiger partial charge in [-0.15, -0.1) is 0 Å². The molecule has 0 bridgehead atoms. The molecule has 1 aliphatic heterocycles. The molecule has 3 N–H and O–H groups in total. The summed E-state index contributed by atoms with van der Waals surface area (Å²) in [5.74, 6) is -0.189. The van der Waals surface area contributed by atoms with Crippen molar-refractivity contribution in [3.05, 3.63) is 65.7 Å². The van der Waals surface area contributed by atoms with E-state index >= 15 is 0 Å². The van der Waals surface area contributed by atoms with Crippen LogP contribution in [0.1, 0.15) is 11.1 Å². The van der Waals surface area contributed by atoms with Crippen LogP contribution < -0.4 is 16.0 Å². The molecule has 7 heteroatoms. The highest BCUT2D eigenvalue weighted by molar-refractivity contribution is 5.93. The number of amides is 3. The van der Waals surface area contributed by atoms with Crippen molar-refractivity contribution in [3.8, 4) is 0 Å². The van der Waals surface area contributed by atoms with Gasteiger partial charge in [0.05, 0.1) is 13.2 Å². The van der Waals surface area contributed by atoms with Crippen LogP contribution >= 0.6 is 0 Å². The average Bonchev–Trinajstić information content (AvgIpc) is 2.76. The van der Waals surface area contributed by atoms with Gasteiger partial charge >= 0.3 is 6.03 Å². The normalized spacial score (nSPS) is 15.2. The summed E-state index contributed by atoms with van der Waals surface area (Å²) in [4.78, 5) is 27.6. The third-order valence-electron chi connectivity index (χ3n) is 5.04. The lowest BCUT2D eigenvalue weighted by Crippen LogP contribution is -2.51. The summed E-state index contributed by atoms with van der Waals surface area (Å²) in [6.07, 6.45) is 0.422. The molecule has 1 unspecified atom stereocenters. The van der Waals surface area contributed by atoms with Crippen LogP contribution in [0, 0.1) is 6.92 Å². The van der Waals surface area contributed by atoms with Crippen LogP contribution in [0.3, 0.4) is 0 Å². The Morgan fingerprint density at radius 1 is 1.03 bits per heavy atom. The number of hydrogen-bond acceptors (Lipinski definition) is 4. The maximum absolute atomic E-state index is 12.8. The third-order valence-corrected chi connectivity index (χ3v) is 5.04. The summed E-state index contributed by atoms with van der Waals surface area (Å²) in [7, 11) is 0. The van der Waals surface area contributed by atoms with Gasteiger partial charge in [-0.2, -0.15) is 0 Å². The second kappa shape index (κ2) is 11.3. The first-order valence-electron chi connectivity index (χ1n) is 10.4.